The van der Waals surface area contributed by atoms with Gasteiger partial charge in [0.1, 0.15) is 23.1 Å². The number of amides is 3. The number of nitrogens with one attached hydrogen (secondary N) is 2. The highest BCUT2D eigenvalue weighted by Crippen LogP contribution is 2.40. The van der Waals surface area contributed by atoms with Crippen molar-refractivity contribution in [3.05, 3.63) is 104 Å². The van der Waals surface area contributed by atoms with Gasteiger partial charge in [0.25, 0.3) is 0 Å². The monoisotopic (exact) mass is 1050 g/mol. The van der Waals surface area contributed by atoms with Crippen molar-refractivity contribution in [1.82, 2.24) is 50.0 Å². The molecule has 16 nitrogen and oxygen atoms in total. The number of rotatable bonds is 13. The molecule has 0 radical (unpaired) electrons. The number of aryl methyl sites for hydroxylation is 3. The molecule has 4 aliphatic heterocycles. The van der Waals surface area contributed by atoms with E-state index in [0.717, 1.165) is 100 Å². The van der Waals surface area contributed by atoms with Crippen LogP contribution in [0.15, 0.2) is 59.0 Å². The Bertz CT molecular complexity index is 2810. The summed E-state index contributed by atoms with van der Waals surface area (Å²) in [6.07, 6.45) is 0.980. The van der Waals surface area contributed by atoms with Gasteiger partial charge in [-0.1, -0.05) is 68.8 Å². The Morgan fingerprint density at radius 1 is 0.904 bits per heavy atom. The molecule has 390 valence electrons. The van der Waals surface area contributed by atoms with Crippen molar-refractivity contribution < 1.29 is 24.6 Å². The van der Waals surface area contributed by atoms with Crippen LogP contribution in [-0.4, -0.2) is 156 Å². The standard InChI is InChI=1S/C54H70ClN11O5S2/c1-31-34(4)73-53-46(31)47(37-14-16-39(55)17-15-37)58-42(50-61-60-35(5)66(50)53)27-45(69)64-21-9-20-63(24-25-64)40-18-22-62(23-19-40)29-44(68)59-49(54(6,7)8)52(71)65-28-41(67)26-43(65)51(70)57-32(2)36-10-12-38(13-11-36)48-33(3)56-30-72-48/h10-17,30,32,40-43,49,52,67,71H,9,18-29H2,1-8H3,(H,57,70)(H,59,68)/t32-,41+,42-,43-,49+,52?/m0/s1. The number of hydrogen-bond acceptors (Lipinski definition) is 14. The Labute approximate surface area is 441 Å². The molecule has 19 heteroatoms. The first-order valence-electron chi connectivity index (χ1n) is 25.7. The van der Waals surface area contributed by atoms with Gasteiger partial charge in [-0.05, 0) is 94.5 Å². The average molecular weight is 1050 g/mol. The third-order valence-corrected chi connectivity index (χ3v) is 17.8. The number of fused-ring (bicyclic) bond motifs is 3. The summed E-state index contributed by atoms with van der Waals surface area (Å²) < 4.78 is 2.09. The summed E-state index contributed by atoms with van der Waals surface area (Å²) in [5.74, 6) is 1.00. The quantitative estimate of drug-likeness (QED) is 0.0975. The van der Waals surface area contributed by atoms with E-state index in [9.17, 15) is 24.6 Å². The van der Waals surface area contributed by atoms with Crippen molar-refractivity contribution in [3.63, 3.8) is 0 Å². The maximum absolute atomic E-state index is 14.3. The second-order valence-electron chi connectivity index (χ2n) is 21.4. The van der Waals surface area contributed by atoms with Gasteiger partial charge in [0.05, 0.1) is 59.0 Å². The van der Waals surface area contributed by atoms with Gasteiger partial charge in [-0.15, -0.1) is 32.9 Å². The van der Waals surface area contributed by atoms with E-state index in [-0.39, 0.29) is 49.7 Å². The van der Waals surface area contributed by atoms with E-state index in [1.54, 1.807) is 27.6 Å². The van der Waals surface area contributed by atoms with Gasteiger partial charge in [-0.2, -0.15) is 0 Å². The van der Waals surface area contributed by atoms with Gasteiger partial charge in [0, 0.05) is 72.9 Å². The molecule has 0 aliphatic carbocycles. The number of aliphatic hydroxyl groups is 2. The number of halogens is 1. The Hall–Kier alpha value is -4.92. The zero-order chi connectivity index (χ0) is 51.9. The van der Waals surface area contributed by atoms with Crippen LogP contribution in [-0.2, 0) is 14.4 Å². The van der Waals surface area contributed by atoms with Crippen LogP contribution >= 0.6 is 34.3 Å². The molecular weight excluding hydrogens is 982 g/mol. The topological polar surface area (TPSA) is 185 Å². The molecular formula is C54H70ClN11O5S2. The smallest absolute Gasteiger partial charge is 0.238 e. The highest BCUT2D eigenvalue weighted by molar-refractivity contribution is 7.15. The molecule has 4 aliphatic rings. The summed E-state index contributed by atoms with van der Waals surface area (Å²) in [6, 6.07) is 13.8. The number of carbonyl (C=O) groups is 3. The van der Waals surface area contributed by atoms with Crippen LogP contribution in [0, 0.1) is 33.1 Å². The summed E-state index contributed by atoms with van der Waals surface area (Å²) in [7, 11) is 0. The normalized spacial score (nSPS) is 21.7. The SMILES string of the molecule is Cc1ncsc1-c1ccc([C@H](C)NC(=O)[C@@H]2C[C@@H](O)CN2C(O)[C@@H](NC(=O)CN2CCC(N3CCCN(C(=O)C[C@@H]4N=C(c5ccc(Cl)cc5)c5c(sc(C)c5C)-n5c(C)nnc54)CC3)CC2)C(C)(C)C)cc1. The molecule has 3 amide bonds. The molecule has 3 aromatic heterocycles. The third-order valence-electron chi connectivity index (χ3n) is 15.3. The molecule has 3 fully saturated rings. The van der Waals surface area contributed by atoms with E-state index in [2.05, 4.69) is 54.0 Å². The van der Waals surface area contributed by atoms with Crippen LogP contribution in [0.2, 0.25) is 5.02 Å². The van der Waals surface area contributed by atoms with Crippen LogP contribution in [0.4, 0.5) is 0 Å². The lowest BCUT2D eigenvalue weighted by Crippen LogP contribution is -2.61. The third kappa shape index (κ3) is 11.5. The predicted molar refractivity (Wildman–Crippen MR) is 287 cm³/mol. The summed E-state index contributed by atoms with van der Waals surface area (Å²) in [6.45, 7) is 20.7. The van der Waals surface area contributed by atoms with Crippen LogP contribution < -0.4 is 10.6 Å². The van der Waals surface area contributed by atoms with E-state index in [0.29, 0.717) is 30.0 Å². The minimum atomic E-state index is -1.21. The first-order chi connectivity index (χ1) is 34.8. The Morgan fingerprint density at radius 2 is 1.62 bits per heavy atom. The number of β-amino-alcohol motifs (C(OH)–C–C–N with tert-alkyl or cyclic N) is 1. The number of thiazole rings is 1. The number of piperidine rings is 1. The lowest BCUT2D eigenvalue weighted by atomic mass is 9.84. The van der Waals surface area contributed by atoms with Gasteiger partial charge in [0.2, 0.25) is 17.7 Å². The second-order valence-corrected chi connectivity index (χ2v) is 23.9. The number of aromatic nitrogens is 4. The van der Waals surface area contributed by atoms with Gasteiger partial charge in [-0.3, -0.25) is 38.6 Å². The lowest BCUT2D eigenvalue weighted by molar-refractivity contribution is -0.135. The minimum Gasteiger partial charge on any atom is -0.392 e. The molecule has 6 atom stereocenters. The molecule has 4 N–H and O–H groups in total. The number of aliphatic imine (C=N–C) groups is 1. The van der Waals surface area contributed by atoms with E-state index in [4.69, 9.17) is 16.6 Å². The number of aliphatic hydroxyl groups excluding tert-OH is 2. The highest BCUT2D eigenvalue weighted by atomic mass is 35.5. The molecule has 7 heterocycles. The molecule has 9 rings (SSSR count). The zero-order valence-electron chi connectivity index (χ0n) is 43.3. The molecule has 5 aromatic rings. The van der Waals surface area contributed by atoms with E-state index in [1.807, 2.05) is 100 Å². The van der Waals surface area contributed by atoms with Crippen molar-refractivity contribution in [1.29, 1.82) is 0 Å². The Balaban J connectivity index is 0.776. The van der Waals surface area contributed by atoms with Crippen LogP contribution in [0.5, 0.6) is 0 Å². The fraction of sp³-hybridized carbons (Fsp3) is 0.537. The summed E-state index contributed by atoms with van der Waals surface area (Å²) >= 11 is 9.61. The molecule has 0 bridgehead atoms. The van der Waals surface area contributed by atoms with E-state index >= 15 is 0 Å². The van der Waals surface area contributed by atoms with Gasteiger partial charge >= 0.3 is 0 Å². The summed E-state index contributed by atoms with van der Waals surface area (Å²) in [5, 5.41) is 39.8. The largest absolute Gasteiger partial charge is 0.392 e. The van der Waals surface area contributed by atoms with E-state index < -0.39 is 35.9 Å². The van der Waals surface area contributed by atoms with E-state index in [1.165, 1.54) is 4.88 Å². The molecule has 1 unspecified atom stereocenters. The number of benzene rings is 2. The van der Waals surface area contributed by atoms with Gasteiger partial charge < -0.3 is 25.7 Å². The van der Waals surface area contributed by atoms with Crippen molar-refractivity contribution in [3.8, 4) is 15.4 Å². The molecule has 3 saturated heterocycles. The first-order valence-corrected chi connectivity index (χ1v) is 27.7. The van der Waals surface area contributed by atoms with Crippen molar-refractivity contribution >= 4 is 57.7 Å². The lowest BCUT2D eigenvalue weighted by Gasteiger charge is -2.41. The number of thiophene rings is 1. The second kappa shape index (κ2) is 22.1. The van der Waals surface area contributed by atoms with Crippen LogP contribution in [0.3, 0.4) is 0 Å². The minimum absolute atomic E-state index is 0.0467. The predicted octanol–water partition coefficient (Wildman–Crippen LogP) is 6.78. The zero-order valence-corrected chi connectivity index (χ0v) is 45.7. The number of carbonyl (C=O) groups excluding carboxylic acids is 3. The molecule has 73 heavy (non-hydrogen) atoms. The molecule has 0 saturated carbocycles. The number of likely N-dealkylation sites (tertiary alicyclic amines) is 2. The highest BCUT2D eigenvalue weighted by Gasteiger charge is 2.45. The number of hydrogen-bond donors (Lipinski definition) is 4. The van der Waals surface area contributed by atoms with Crippen molar-refractivity contribution in [2.24, 2.45) is 10.4 Å². The Kier molecular flexibility index (Phi) is 16.0. The maximum atomic E-state index is 14.3. The number of nitrogens with zero attached hydrogens (tertiary/aromatic N) is 9. The van der Waals surface area contributed by atoms with Gasteiger partial charge in [-0.25, -0.2) is 4.98 Å². The summed E-state index contributed by atoms with van der Waals surface area (Å²) in [5.41, 5.74) is 8.20. The average Bonchev–Trinajstić information content (AvgIpc) is 4.08. The first kappa shape index (κ1) is 52.9. The van der Waals surface area contributed by atoms with Crippen LogP contribution in [0.25, 0.3) is 15.4 Å². The van der Waals surface area contributed by atoms with Crippen molar-refractivity contribution in [2.45, 2.75) is 130 Å². The fourth-order valence-electron chi connectivity index (χ4n) is 11.1. The van der Waals surface area contributed by atoms with Gasteiger partial charge in [0.15, 0.2) is 5.82 Å². The molecule has 2 aromatic carbocycles. The summed E-state index contributed by atoms with van der Waals surface area (Å²) in [4.78, 5) is 62.3. The molecule has 0 spiro atoms. The Morgan fingerprint density at radius 3 is 2.30 bits per heavy atom. The van der Waals surface area contributed by atoms with Crippen LogP contribution in [0.1, 0.15) is 116 Å². The van der Waals surface area contributed by atoms with Crippen molar-refractivity contribution in [2.75, 3.05) is 52.4 Å². The fourth-order valence-corrected chi connectivity index (χ4v) is 13.2. The maximum Gasteiger partial charge on any atom is 0.238 e.